The maximum absolute atomic E-state index is 11.4. The van der Waals surface area contributed by atoms with E-state index in [1.54, 1.807) is 0 Å². The van der Waals surface area contributed by atoms with E-state index in [1.165, 1.54) is 0 Å². The van der Waals surface area contributed by atoms with Gasteiger partial charge in [0.1, 0.15) is 6.61 Å². The van der Waals surface area contributed by atoms with Gasteiger partial charge in [0.05, 0.1) is 19.7 Å². The third-order valence-corrected chi connectivity index (χ3v) is 2.65. The Balaban J connectivity index is 2.10. The minimum atomic E-state index is -0.587. The largest absolute Gasteiger partial charge is 0.465 e. The Morgan fingerprint density at radius 3 is 2.68 bits per heavy atom. The normalized spacial score (nSPS) is 9.50. The molecule has 0 radical (unpaired) electrons. The highest BCUT2D eigenvalue weighted by Gasteiger charge is 2.00. The van der Waals surface area contributed by atoms with Crippen molar-refractivity contribution in [2.24, 2.45) is 0 Å². The Morgan fingerprint density at radius 2 is 1.95 bits per heavy atom. The van der Waals surface area contributed by atoms with Gasteiger partial charge in [-0.3, -0.25) is 10.1 Å². The standard InChI is InChI=1S/C17H21NO4/c1-2-3-12-21-17(20)13-18-11-7-10-16(19)22-14-15-8-5-4-6-9-15/h4-6,8-9,18H,2-3,11-14H2,1H3. The maximum atomic E-state index is 11.4. The molecule has 0 saturated carbocycles. The number of hydrogen-bond acceptors (Lipinski definition) is 5. The van der Waals surface area contributed by atoms with Crippen molar-refractivity contribution in [1.29, 1.82) is 0 Å². The van der Waals surface area contributed by atoms with Crippen LogP contribution in [-0.4, -0.2) is 31.6 Å². The Hall–Kier alpha value is -2.32. The van der Waals surface area contributed by atoms with Crippen LogP contribution in [0.1, 0.15) is 25.3 Å². The summed E-state index contributed by atoms with van der Waals surface area (Å²) < 4.78 is 9.95. The van der Waals surface area contributed by atoms with Crippen LogP contribution in [0, 0.1) is 11.8 Å². The van der Waals surface area contributed by atoms with E-state index in [2.05, 4.69) is 17.2 Å². The van der Waals surface area contributed by atoms with E-state index in [9.17, 15) is 9.59 Å². The first-order valence-corrected chi connectivity index (χ1v) is 7.28. The van der Waals surface area contributed by atoms with E-state index in [0.717, 1.165) is 18.4 Å². The van der Waals surface area contributed by atoms with E-state index in [0.29, 0.717) is 6.61 Å². The fourth-order valence-electron chi connectivity index (χ4n) is 1.48. The minimum absolute atomic E-state index is 0.0808. The third kappa shape index (κ3) is 8.77. The molecule has 0 spiro atoms. The van der Waals surface area contributed by atoms with Gasteiger partial charge in [-0.1, -0.05) is 49.6 Å². The number of unbranched alkanes of at least 4 members (excludes halogenated alkanes) is 1. The van der Waals surface area contributed by atoms with Crippen LogP contribution in [0.3, 0.4) is 0 Å². The predicted molar refractivity (Wildman–Crippen MR) is 82.8 cm³/mol. The minimum Gasteiger partial charge on any atom is -0.465 e. The molecule has 1 aromatic rings. The SMILES string of the molecule is CCCCOC(=O)CNCC#CC(=O)OCc1ccccc1. The molecule has 0 saturated heterocycles. The molecule has 0 aliphatic heterocycles. The summed E-state index contributed by atoms with van der Waals surface area (Å²) in [5.41, 5.74) is 0.908. The lowest BCUT2D eigenvalue weighted by atomic mass is 10.2. The lowest BCUT2D eigenvalue weighted by Crippen LogP contribution is -2.25. The van der Waals surface area contributed by atoms with Crippen LogP contribution in [0.2, 0.25) is 0 Å². The summed E-state index contributed by atoms with van der Waals surface area (Å²) in [5.74, 6) is 4.05. The van der Waals surface area contributed by atoms with Gasteiger partial charge in [0.25, 0.3) is 0 Å². The van der Waals surface area contributed by atoms with Gasteiger partial charge in [0, 0.05) is 5.92 Å². The van der Waals surface area contributed by atoms with E-state index < -0.39 is 5.97 Å². The van der Waals surface area contributed by atoms with Crippen molar-refractivity contribution in [3.8, 4) is 11.8 Å². The summed E-state index contributed by atoms with van der Waals surface area (Å²) in [5, 5.41) is 2.79. The van der Waals surface area contributed by atoms with Gasteiger partial charge in [-0.25, -0.2) is 4.79 Å². The van der Waals surface area contributed by atoms with Crippen LogP contribution in [0.25, 0.3) is 0 Å². The molecule has 22 heavy (non-hydrogen) atoms. The third-order valence-electron chi connectivity index (χ3n) is 2.65. The molecule has 5 nitrogen and oxygen atoms in total. The summed E-state index contributed by atoms with van der Waals surface area (Å²) in [6.07, 6.45) is 1.84. The maximum Gasteiger partial charge on any atom is 0.384 e. The number of nitrogens with one attached hydrogen (secondary N) is 1. The van der Waals surface area contributed by atoms with Gasteiger partial charge in [0.2, 0.25) is 0 Å². The van der Waals surface area contributed by atoms with Crippen LogP contribution in [0.5, 0.6) is 0 Å². The average Bonchev–Trinajstić information content (AvgIpc) is 2.54. The van der Waals surface area contributed by atoms with Crippen molar-refractivity contribution in [2.45, 2.75) is 26.4 Å². The molecular weight excluding hydrogens is 282 g/mol. The lowest BCUT2D eigenvalue weighted by Gasteiger charge is -2.03. The topological polar surface area (TPSA) is 64.6 Å². The number of carbonyl (C=O) groups is 2. The van der Waals surface area contributed by atoms with Crippen molar-refractivity contribution < 1.29 is 19.1 Å². The molecule has 0 heterocycles. The number of hydrogen-bond donors (Lipinski definition) is 1. The van der Waals surface area contributed by atoms with Crippen LogP contribution >= 0.6 is 0 Å². The van der Waals surface area contributed by atoms with Gasteiger partial charge in [-0.2, -0.15) is 0 Å². The molecule has 0 fully saturated rings. The zero-order valence-electron chi connectivity index (χ0n) is 12.8. The first kappa shape index (κ1) is 17.7. The molecule has 0 bridgehead atoms. The smallest absolute Gasteiger partial charge is 0.384 e. The molecule has 5 heteroatoms. The second-order valence-electron chi connectivity index (χ2n) is 4.54. The van der Waals surface area contributed by atoms with Crippen molar-refractivity contribution in [3.05, 3.63) is 35.9 Å². The molecule has 1 N–H and O–H groups in total. The Labute approximate surface area is 131 Å². The molecular formula is C17H21NO4. The zero-order chi connectivity index (χ0) is 16.0. The highest BCUT2D eigenvalue weighted by Crippen LogP contribution is 2.00. The van der Waals surface area contributed by atoms with Crippen LogP contribution in [0.15, 0.2) is 30.3 Å². The quantitative estimate of drug-likeness (QED) is 0.342. The Kier molecular flexibility index (Phi) is 9.15. The second kappa shape index (κ2) is 11.4. The summed E-state index contributed by atoms with van der Waals surface area (Å²) in [6, 6.07) is 9.37. The van der Waals surface area contributed by atoms with Gasteiger partial charge < -0.3 is 9.47 Å². The Bertz CT molecular complexity index is 516. The summed E-state index contributed by atoms with van der Waals surface area (Å²) in [6.45, 7) is 2.97. The molecule has 0 amide bonds. The molecule has 1 aromatic carbocycles. The van der Waals surface area contributed by atoms with Crippen LogP contribution in [0.4, 0.5) is 0 Å². The molecule has 0 unspecified atom stereocenters. The molecule has 0 aliphatic rings. The highest BCUT2D eigenvalue weighted by molar-refractivity contribution is 5.88. The van der Waals surface area contributed by atoms with Gasteiger partial charge >= 0.3 is 11.9 Å². The van der Waals surface area contributed by atoms with Gasteiger partial charge in [-0.15, -0.1) is 0 Å². The molecule has 0 aromatic heterocycles. The number of benzene rings is 1. The Morgan fingerprint density at radius 1 is 1.18 bits per heavy atom. The van der Waals surface area contributed by atoms with E-state index in [4.69, 9.17) is 9.47 Å². The molecule has 0 aliphatic carbocycles. The van der Waals surface area contributed by atoms with Crippen LogP contribution in [-0.2, 0) is 25.7 Å². The fourth-order valence-corrected chi connectivity index (χ4v) is 1.48. The van der Waals surface area contributed by atoms with Crippen LogP contribution < -0.4 is 5.32 Å². The zero-order valence-corrected chi connectivity index (χ0v) is 12.8. The highest BCUT2D eigenvalue weighted by atomic mass is 16.5. The average molecular weight is 303 g/mol. The van der Waals surface area contributed by atoms with Gasteiger partial charge in [-0.05, 0) is 12.0 Å². The number of esters is 2. The van der Waals surface area contributed by atoms with Gasteiger partial charge in [0.15, 0.2) is 0 Å². The van der Waals surface area contributed by atoms with E-state index >= 15 is 0 Å². The van der Waals surface area contributed by atoms with Crippen molar-refractivity contribution >= 4 is 11.9 Å². The predicted octanol–water partition coefficient (Wildman–Crippen LogP) is 1.67. The summed E-state index contributed by atoms with van der Waals surface area (Å²) in [4.78, 5) is 22.6. The summed E-state index contributed by atoms with van der Waals surface area (Å²) in [7, 11) is 0. The van der Waals surface area contributed by atoms with Crippen molar-refractivity contribution in [2.75, 3.05) is 19.7 Å². The van der Waals surface area contributed by atoms with Crippen molar-refractivity contribution in [3.63, 3.8) is 0 Å². The van der Waals surface area contributed by atoms with E-state index in [-0.39, 0.29) is 25.7 Å². The second-order valence-corrected chi connectivity index (χ2v) is 4.54. The number of carbonyl (C=O) groups excluding carboxylic acids is 2. The summed E-state index contributed by atoms with van der Waals surface area (Å²) >= 11 is 0. The lowest BCUT2D eigenvalue weighted by molar-refractivity contribution is -0.142. The van der Waals surface area contributed by atoms with Crippen molar-refractivity contribution in [1.82, 2.24) is 5.32 Å². The molecule has 1 rings (SSSR count). The fraction of sp³-hybridized carbons (Fsp3) is 0.412. The number of ether oxygens (including phenoxy) is 2. The number of rotatable bonds is 8. The first-order valence-electron chi connectivity index (χ1n) is 7.28. The monoisotopic (exact) mass is 303 g/mol. The molecule has 0 atom stereocenters. The van der Waals surface area contributed by atoms with E-state index in [1.807, 2.05) is 37.3 Å². The first-order chi connectivity index (χ1) is 10.7. The molecule has 118 valence electrons.